The van der Waals surface area contributed by atoms with Gasteiger partial charge in [0, 0.05) is 6.54 Å². The summed E-state index contributed by atoms with van der Waals surface area (Å²) in [5.41, 5.74) is 2.65. The van der Waals surface area contributed by atoms with Gasteiger partial charge in [0.25, 0.3) is 5.91 Å². The molecule has 3 rings (SSSR count). The fourth-order valence-electron chi connectivity index (χ4n) is 2.44. The van der Waals surface area contributed by atoms with Crippen LogP contribution in [0.3, 0.4) is 0 Å². The maximum atomic E-state index is 12.3. The number of methoxy groups -OCH3 is 1. The number of rotatable bonds is 4. The molecular formula is C16H15BClNO4. The van der Waals surface area contributed by atoms with Crippen molar-refractivity contribution in [2.75, 3.05) is 7.11 Å². The Morgan fingerprint density at radius 2 is 2.13 bits per heavy atom. The quantitative estimate of drug-likeness (QED) is 0.833. The molecule has 5 nitrogen and oxygen atoms in total. The van der Waals surface area contributed by atoms with Gasteiger partial charge < -0.3 is 19.7 Å². The summed E-state index contributed by atoms with van der Waals surface area (Å²) < 4.78 is 10.2. The first-order valence-corrected chi connectivity index (χ1v) is 7.49. The summed E-state index contributed by atoms with van der Waals surface area (Å²) in [6, 6.07) is 10.7. The molecule has 0 aliphatic carbocycles. The van der Waals surface area contributed by atoms with Gasteiger partial charge in [-0.1, -0.05) is 23.7 Å². The number of fused-ring (bicyclic) bond motifs is 1. The lowest BCUT2D eigenvalue weighted by atomic mass is 9.78. The summed E-state index contributed by atoms with van der Waals surface area (Å²) in [5, 5.41) is 12.9. The van der Waals surface area contributed by atoms with Crippen LogP contribution in [0.2, 0.25) is 5.02 Å². The molecule has 2 aromatic carbocycles. The maximum Gasteiger partial charge on any atom is 0.491 e. The average molecular weight is 332 g/mol. The Labute approximate surface area is 139 Å². The lowest BCUT2D eigenvalue weighted by Gasteiger charge is -2.09. The molecular weight excluding hydrogens is 316 g/mol. The number of hydrogen-bond acceptors (Lipinski definition) is 4. The van der Waals surface area contributed by atoms with Crippen LogP contribution in [0.1, 0.15) is 21.5 Å². The summed E-state index contributed by atoms with van der Waals surface area (Å²) in [6.07, 6.45) is 0. The van der Waals surface area contributed by atoms with Gasteiger partial charge in [0.05, 0.1) is 24.3 Å². The van der Waals surface area contributed by atoms with Gasteiger partial charge >= 0.3 is 7.12 Å². The zero-order valence-corrected chi connectivity index (χ0v) is 13.3. The Bertz CT molecular complexity index is 736. The Hall–Kier alpha value is -2.02. The molecule has 2 aromatic rings. The summed E-state index contributed by atoms with van der Waals surface area (Å²) in [5.74, 6) is 0.462. The Kier molecular flexibility index (Phi) is 4.57. The molecule has 0 unspecified atom stereocenters. The molecule has 0 spiro atoms. The van der Waals surface area contributed by atoms with E-state index in [1.165, 1.54) is 0 Å². The first-order valence-electron chi connectivity index (χ1n) is 7.11. The van der Waals surface area contributed by atoms with E-state index in [-0.39, 0.29) is 5.91 Å². The van der Waals surface area contributed by atoms with Crippen molar-refractivity contribution in [3.8, 4) is 5.75 Å². The van der Waals surface area contributed by atoms with E-state index in [1.54, 1.807) is 19.2 Å². The van der Waals surface area contributed by atoms with E-state index in [1.807, 2.05) is 24.3 Å². The number of carbonyl (C=O) groups excluding carboxylic acids is 1. The zero-order chi connectivity index (χ0) is 16.4. The average Bonchev–Trinajstić information content (AvgIpc) is 2.92. The molecule has 23 heavy (non-hydrogen) atoms. The van der Waals surface area contributed by atoms with Gasteiger partial charge in [0.2, 0.25) is 0 Å². The number of benzene rings is 2. The minimum atomic E-state index is -1.00. The molecule has 1 aliphatic heterocycles. The minimum Gasteiger partial charge on any atom is -0.497 e. The fourth-order valence-corrected chi connectivity index (χ4v) is 2.71. The number of nitrogens with one attached hydrogen (secondary N) is 1. The Morgan fingerprint density at radius 3 is 2.83 bits per heavy atom. The van der Waals surface area contributed by atoms with E-state index >= 15 is 0 Å². The van der Waals surface area contributed by atoms with Gasteiger partial charge in [-0.2, -0.15) is 0 Å². The van der Waals surface area contributed by atoms with Gasteiger partial charge in [-0.05, 0) is 40.9 Å². The van der Waals surface area contributed by atoms with E-state index < -0.39 is 7.12 Å². The smallest absolute Gasteiger partial charge is 0.491 e. The second kappa shape index (κ2) is 6.62. The highest BCUT2D eigenvalue weighted by Crippen LogP contribution is 2.21. The normalized spacial score (nSPS) is 12.9. The summed E-state index contributed by atoms with van der Waals surface area (Å²) in [4.78, 5) is 12.3. The SMILES string of the molecule is COc1ccc(CNC(=O)c2cc3c(cc2Cl)COB3O)cc1. The minimum absolute atomic E-state index is 0.296. The van der Waals surface area contributed by atoms with Crippen LogP contribution in [0, 0.1) is 0 Å². The van der Waals surface area contributed by atoms with Gasteiger partial charge in [-0.3, -0.25) is 4.79 Å². The fraction of sp³-hybridized carbons (Fsp3) is 0.188. The molecule has 0 fully saturated rings. The van der Waals surface area contributed by atoms with Crippen LogP contribution in [-0.4, -0.2) is 25.2 Å². The molecule has 1 amide bonds. The van der Waals surface area contributed by atoms with Crippen molar-refractivity contribution in [1.29, 1.82) is 0 Å². The van der Waals surface area contributed by atoms with Crippen LogP contribution >= 0.6 is 11.6 Å². The van der Waals surface area contributed by atoms with Gasteiger partial charge in [0.15, 0.2) is 0 Å². The first-order chi connectivity index (χ1) is 11.1. The van der Waals surface area contributed by atoms with Crippen molar-refractivity contribution >= 4 is 30.1 Å². The van der Waals surface area contributed by atoms with Crippen LogP contribution < -0.4 is 15.5 Å². The molecule has 1 aliphatic rings. The van der Waals surface area contributed by atoms with Gasteiger partial charge in [-0.25, -0.2) is 0 Å². The van der Waals surface area contributed by atoms with Crippen LogP contribution in [-0.2, 0) is 17.8 Å². The van der Waals surface area contributed by atoms with E-state index in [2.05, 4.69) is 5.32 Å². The molecule has 0 saturated carbocycles. The molecule has 2 N–H and O–H groups in total. The van der Waals surface area contributed by atoms with Crippen molar-refractivity contribution in [1.82, 2.24) is 5.32 Å². The first kappa shape index (κ1) is 15.9. The highest BCUT2D eigenvalue weighted by atomic mass is 35.5. The third kappa shape index (κ3) is 3.34. The van der Waals surface area contributed by atoms with E-state index in [0.29, 0.717) is 29.2 Å². The molecule has 7 heteroatoms. The topological polar surface area (TPSA) is 67.8 Å². The summed E-state index contributed by atoms with van der Waals surface area (Å²) in [6.45, 7) is 0.666. The van der Waals surface area contributed by atoms with Crippen LogP contribution in [0.5, 0.6) is 5.75 Å². The standard InChI is InChI=1S/C16H15BClNO4/c1-22-12-4-2-10(3-5-12)8-19-16(20)13-7-14-11(6-15(13)18)9-23-17(14)21/h2-7,21H,8-9H2,1H3,(H,19,20). The number of ether oxygens (including phenoxy) is 1. The van der Waals surface area contributed by atoms with Gasteiger partial charge in [0.1, 0.15) is 5.75 Å². The van der Waals surface area contributed by atoms with Crippen molar-refractivity contribution in [2.24, 2.45) is 0 Å². The third-order valence-corrected chi connectivity index (χ3v) is 4.06. The zero-order valence-electron chi connectivity index (χ0n) is 12.5. The second-order valence-corrected chi connectivity index (χ2v) is 5.63. The molecule has 0 atom stereocenters. The lowest BCUT2D eigenvalue weighted by molar-refractivity contribution is 0.0951. The number of halogens is 1. The third-order valence-electron chi connectivity index (χ3n) is 3.75. The second-order valence-electron chi connectivity index (χ2n) is 5.22. The van der Waals surface area contributed by atoms with Crippen molar-refractivity contribution < 1.29 is 19.2 Å². The van der Waals surface area contributed by atoms with Crippen molar-refractivity contribution in [3.05, 3.63) is 58.1 Å². The molecule has 0 radical (unpaired) electrons. The van der Waals surface area contributed by atoms with E-state index in [0.717, 1.165) is 16.9 Å². The molecule has 0 bridgehead atoms. The van der Waals surface area contributed by atoms with Crippen LogP contribution in [0.4, 0.5) is 0 Å². The molecule has 0 saturated heterocycles. The van der Waals surface area contributed by atoms with Crippen LogP contribution in [0.25, 0.3) is 0 Å². The van der Waals surface area contributed by atoms with Crippen molar-refractivity contribution in [3.63, 3.8) is 0 Å². The van der Waals surface area contributed by atoms with Crippen LogP contribution in [0.15, 0.2) is 36.4 Å². The highest BCUT2D eigenvalue weighted by molar-refractivity contribution is 6.61. The molecule has 1 heterocycles. The van der Waals surface area contributed by atoms with E-state index in [4.69, 9.17) is 21.0 Å². The summed E-state index contributed by atoms with van der Waals surface area (Å²) in [7, 11) is 0.598. The maximum absolute atomic E-state index is 12.3. The number of carbonyl (C=O) groups is 1. The number of hydrogen-bond donors (Lipinski definition) is 2. The lowest BCUT2D eigenvalue weighted by Crippen LogP contribution is -2.30. The van der Waals surface area contributed by atoms with Crippen molar-refractivity contribution in [2.45, 2.75) is 13.2 Å². The molecule has 0 aromatic heterocycles. The number of amides is 1. The predicted molar refractivity (Wildman–Crippen MR) is 88.0 cm³/mol. The highest BCUT2D eigenvalue weighted by Gasteiger charge is 2.29. The van der Waals surface area contributed by atoms with E-state index in [9.17, 15) is 9.82 Å². The predicted octanol–water partition coefficient (Wildman–Crippen LogP) is 1.50. The van der Waals surface area contributed by atoms with Gasteiger partial charge in [-0.15, -0.1) is 0 Å². The Balaban J connectivity index is 1.72. The molecule has 118 valence electrons. The Morgan fingerprint density at radius 1 is 1.39 bits per heavy atom. The largest absolute Gasteiger partial charge is 0.497 e. The summed E-state index contributed by atoms with van der Waals surface area (Å²) >= 11 is 6.16. The monoisotopic (exact) mass is 331 g/mol.